The first-order valence-electron chi connectivity index (χ1n) is 17.1. The average Bonchev–Trinajstić information content (AvgIpc) is 3.17. The first kappa shape index (κ1) is 31.5. The molecule has 0 amide bonds. The van der Waals surface area contributed by atoms with Crippen molar-refractivity contribution >= 4 is 55.7 Å². The van der Waals surface area contributed by atoms with Crippen LogP contribution in [0.3, 0.4) is 0 Å². The van der Waals surface area contributed by atoms with E-state index >= 15 is 0 Å². The van der Waals surface area contributed by atoms with E-state index in [-0.39, 0.29) is 0 Å². The lowest BCUT2D eigenvalue weighted by Gasteiger charge is -2.30. The minimum absolute atomic E-state index is 1.10. The highest BCUT2D eigenvalue weighted by Gasteiger charge is 2.22. The van der Waals surface area contributed by atoms with Gasteiger partial charge in [-0.15, -0.1) is 0 Å². The van der Waals surface area contributed by atoms with Crippen LogP contribution in [-0.4, -0.2) is 0 Å². The second-order valence-electron chi connectivity index (χ2n) is 11.9. The largest absolute Gasteiger partial charge is 0.311 e. The standard InChI is InChI=1S/C45H34N2.C2H6/c1-33-16-15-17-34(32-33)44-40-24-11-13-26-42(40)45(43-27-14-12-25-41(43)44)47(37-22-9-4-10-23-37)39-30-28-38(29-31-39)46(35-18-5-2-6-19-35)36-20-7-3-8-21-36;1-2/h2-32H,1H3;1-2H3. The van der Waals surface area contributed by atoms with E-state index < -0.39 is 0 Å². The molecule has 0 atom stereocenters. The Hall–Kier alpha value is -6.12. The van der Waals surface area contributed by atoms with Crippen molar-refractivity contribution in [2.24, 2.45) is 0 Å². The minimum Gasteiger partial charge on any atom is -0.311 e. The molecule has 0 saturated heterocycles. The van der Waals surface area contributed by atoms with Crippen molar-refractivity contribution in [1.29, 1.82) is 0 Å². The van der Waals surface area contributed by atoms with Crippen LogP contribution in [0, 0.1) is 6.92 Å². The summed E-state index contributed by atoms with van der Waals surface area (Å²) in [6.07, 6.45) is 0. The van der Waals surface area contributed by atoms with Crippen LogP contribution in [0.1, 0.15) is 19.4 Å². The third-order valence-electron chi connectivity index (χ3n) is 8.84. The Morgan fingerprint density at radius 1 is 0.327 bits per heavy atom. The molecule has 0 heterocycles. The second-order valence-corrected chi connectivity index (χ2v) is 11.9. The number of benzene rings is 8. The van der Waals surface area contributed by atoms with E-state index in [1.807, 2.05) is 13.8 Å². The summed E-state index contributed by atoms with van der Waals surface area (Å²) in [7, 11) is 0. The molecule has 2 nitrogen and oxygen atoms in total. The first-order valence-corrected chi connectivity index (χ1v) is 17.1. The van der Waals surface area contributed by atoms with Gasteiger partial charge in [0, 0.05) is 39.2 Å². The van der Waals surface area contributed by atoms with Crippen LogP contribution < -0.4 is 9.80 Å². The summed E-state index contributed by atoms with van der Waals surface area (Å²) in [5.74, 6) is 0. The lowest BCUT2D eigenvalue weighted by molar-refractivity contribution is 1.26. The van der Waals surface area contributed by atoms with E-state index in [9.17, 15) is 0 Å². The van der Waals surface area contributed by atoms with Gasteiger partial charge in [-0.1, -0.05) is 147 Å². The highest BCUT2D eigenvalue weighted by Crippen LogP contribution is 2.48. The first-order chi connectivity index (χ1) is 24.3. The predicted octanol–water partition coefficient (Wildman–Crippen LogP) is 13.9. The van der Waals surface area contributed by atoms with Crippen LogP contribution in [0.15, 0.2) is 188 Å². The van der Waals surface area contributed by atoms with Crippen molar-refractivity contribution in [1.82, 2.24) is 0 Å². The van der Waals surface area contributed by atoms with Gasteiger partial charge in [0.25, 0.3) is 0 Å². The monoisotopic (exact) mass is 632 g/mol. The van der Waals surface area contributed by atoms with Crippen molar-refractivity contribution in [3.05, 3.63) is 194 Å². The molecule has 0 unspecified atom stereocenters. The van der Waals surface area contributed by atoms with Gasteiger partial charge in [-0.3, -0.25) is 0 Å². The molecule has 8 aromatic carbocycles. The Labute approximate surface area is 290 Å². The molecule has 0 fully saturated rings. The Bertz CT molecular complexity index is 2200. The molecule has 8 aromatic rings. The normalized spacial score (nSPS) is 10.8. The molecule has 238 valence electrons. The Morgan fingerprint density at radius 3 is 1.14 bits per heavy atom. The number of hydrogen-bond donors (Lipinski definition) is 0. The molecule has 8 rings (SSSR count). The summed E-state index contributed by atoms with van der Waals surface area (Å²) in [5, 5.41) is 4.91. The van der Waals surface area contributed by atoms with Crippen molar-refractivity contribution in [2.75, 3.05) is 9.80 Å². The lowest BCUT2D eigenvalue weighted by atomic mass is 9.89. The molecule has 0 bridgehead atoms. The molecular weight excluding hydrogens is 593 g/mol. The van der Waals surface area contributed by atoms with Crippen LogP contribution in [0.4, 0.5) is 34.1 Å². The molecule has 0 N–H and O–H groups in total. The molecule has 49 heavy (non-hydrogen) atoms. The maximum Gasteiger partial charge on any atom is 0.0618 e. The van der Waals surface area contributed by atoms with Gasteiger partial charge in [0.15, 0.2) is 0 Å². The number of aryl methyl sites for hydroxylation is 1. The molecule has 0 spiro atoms. The Morgan fingerprint density at radius 2 is 0.694 bits per heavy atom. The maximum atomic E-state index is 2.42. The number of anilines is 6. The van der Waals surface area contributed by atoms with Crippen LogP contribution in [0.5, 0.6) is 0 Å². The number of fused-ring (bicyclic) bond motifs is 2. The molecule has 0 radical (unpaired) electrons. The lowest BCUT2D eigenvalue weighted by Crippen LogP contribution is -2.13. The SMILES string of the molecule is CC.Cc1cccc(-c2c3ccccc3c(N(c3ccccc3)c3ccc(N(c4ccccc4)c4ccccc4)cc3)c3ccccc23)c1. The van der Waals surface area contributed by atoms with Gasteiger partial charge in [0.1, 0.15) is 0 Å². The fourth-order valence-corrected chi connectivity index (χ4v) is 6.79. The minimum atomic E-state index is 1.10. The average molecular weight is 633 g/mol. The number of nitrogens with zero attached hydrogens (tertiary/aromatic N) is 2. The van der Waals surface area contributed by atoms with Gasteiger partial charge in [-0.25, -0.2) is 0 Å². The van der Waals surface area contributed by atoms with Gasteiger partial charge in [0.05, 0.1) is 5.69 Å². The summed E-state index contributed by atoms with van der Waals surface area (Å²) in [4.78, 5) is 4.72. The quantitative estimate of drug-likeness (QED) is 0.161. The number of rotatable bonds is 7. The molecule has 0 aliphatic rings. The Kier molecular flexibility index (Phi) is 9.21. The van der Waals surface area contributed by atoms with Gasteiger partial charge in [0.2, 0.25) is 0 Å². The number of para-hydroxylation sites is 3. The summed E-state index contributed by atoms with van der Waals surface area (Å²) >= 11 is 0. The number of hydrogen-bond acceptors (Lipinski definition) is 2. The predicted molar refractivity (Wildman–Crippen MR) is 212 cm³/mol. The summed E-state index contributed by atoms with van der Waals surface area (Å²) in [5.41, 5.74) is 10.5. The van der Waals surface area contributed by atoms with E-state index in [1.54, 1.807) is 0 Å². The van der Waals surface area contributed by atoms with E-state index in [1.165, 1.54) is 43.9 Å². The van der Waals surface area contributed by atoms with E-state index in [0.29, 0.717) is 0 Å². The third kappa shape index (κ3) is 6.17. The van der Waals surface area contributed by atoms with E-state index in [4.69, 9.17) is 0 Å². The molecular formula is C47H40N2. The van der Waals surface area contributed by atoms with E-state index in [2.05, 4.69) is 205 Å². The topological polar surface area (TPSA) is 6.48 Å². The molecule has 0 aromatic heterocycles. The zero-order chi connectivity index (χ0) is 33.6. The summed E-state index contributed by atoms with van der Waals surface area (Å²) < 4.78 is 0. The van der Waals surface area contributed by atoms with Crippen molar-refractivity contribution in [3.63, 3.8) is 0 Å². The fourth-order valence-electron chi connectivity index (χ4n) is 6.79. The van der Waals surface area contributed by atoms with Gasteiger partial charge in [-0.05, 0) is 89.5 Å². The van der Waals surface area contributed by atoms with Crippen LogP contribution >= 0.6 is 0 Å². The summed E-state index contributed by atoms with van der Waals surface area (Å²) in [6.45, 7) is 6.17. The van der Waals surface area contributed by atoms with Gasteiger partial charge < -0.3 is 9.80 Å². The zero-order valence-corrected chi connectivity index (χ0v) is 28.3. The van der Waals surface area contributed by atoms with Crippen molar-refractivity contribution in [2.45, 2.75) is 20.8 Å². The highest BCUT2D eigenvalue weighted by molar-refractivity contribution is 6.22. The zero-order valence-electron chi connectivity index (χ0n) is 28.3. The molecule has 0 aliphatic heterocycles. The van der Waals surface area contributed by atoms with Gasteiger partial charge in [-0.2, -0.15) is 0 Å². The molecule has 0 saturated carbocycles. The fraction of sp³-hybridized carbons (Fsp3) is 0.0638. The third-order valence-corrected chi connectivity index (χ3v) is 8.84. The van der Waals surface area contributed by atoms with Crippen molar-refractivity contribution < 1.29 is 0 Å². The van der Waals surface area contributed by atoms with Crippen molar-refractivity contribution in [3.8, 4) is 11.1 Å². The highest BCUT2D eigenvalue weighted by atomic mass is 15.2. The van der Waals surface area contributed by atoms with Crippen LogP contribution in [0.2, 0.25) is 0 Å². The summed E-state index contributed by atoms with van der Waals surface area (Å²) in [6, 6.07) is 67.4. The van der Waals surface area contributed by atoms with Crippen LogP contribution in [-0.2, 0) is 0 Å². The molecule has 2 heteroatoms. The van der Waals surface area contributed by atoms with Crippen LogP contribution in [0.25, 0.3) is 32.7 Å². The molecule has 0 aliphatic carbocycles. The smallest absolute Gasteiger partial charge is 0.0618 e. The second kappa shape index (κ2) is 14.3. The maximum absolute atomic E-state index is 2.42. The Balaban J connectivity index is 0.00000186. The van der Waals surface area contributed by atoms with Gasteiger partial charge >= 0.3 is 0 Å². The van der Waals surface area contributed by atoms with E-state index in [0.717, 1.165) is 28.4 Å².